The Morgan fingerprint density at radius 3 is 2.47 bits per heavy atom. The van der Waals surface area contributed by atoms with E-state index in [0.29, 0.717) is 13.2 Å². The van der Waals surface area contributed by atoms with Gasteiger partial charge in [0.05, 0.1) is 12.2 Å². The van der Waals surface area contributed by atoms with Gasteiger partial charge in [-0.1, -0.05) is 48.4 Å². The molecule has 0 fully saturated rings. The van der Waals surface area contributed by atoms with Crippen LogP contribution in [0.2, 0.25) is 0 Å². The van der Waals surface area contributed by atoms with E-state index < -0.39 is 0 Å². The van der Waals surface area contributed by atoms with Gasteiger partial charge in [0.25, 0.3) is 0 Å². The van der Waals surface area contributed by atoms with E-state index >= 15 is 0 Å². The van der Waals surface area contributed by atoms with Gasteiger partial charge in [0, 0.05) is 12.7 Å². The van der Waals surface area contributed by atoms with E-state index in [1.807, 2.05) is 48.5 Å². The number of rotatable bonds is 5. The number of hydrogen-bond acceptors (Lipinski definition) is 2. The van der Waals surface area contributed by atoms with E-state index in [1.165, 1.54) is 0 Å². The van der Waals surface area contributed by atoms with Crippen molar-refractivity contribution in [3.8, 4) is 29.2 Å². The van der Waals surface area contributed by atoms with Gasteiger partial charge in [-0.05, 0) is 11.6 Å². The summed E-state index contributed by atoms with van der Waals surface area (Å²) in [6, 6.07) is 15.9. The van der Waals surface area contributed by atoms with Gasteiger partial charge in [0.1, 0.15) is 12.4 Å². The van der Waals surface area contributed by atoms with Gasteiger partial charge in [-0.2, -0.15) is 0 Å². The number of ether oxygens (including phenoxy) is 2. The lowest BCUT2D eigenvalue weighted by atomic mass is 10.0. The Kier molecular flexibility index (Phi) is 4.60. The maximum Gasteiger partial charge on any atom is 0.142 e. The van der Waals surface area contributed by atoms with Crippen molar-refractivity contribution in [3.63, 3.8) is 0 Å². The summed E-state index contributed by atoms with van der Waals surface area (Å²) in [4.78, 5) is 0. The van der Waals surface area contributed by atoms with E-state index in [0.717, 1.165) is 22.4 Å². The summed E-state index contributed by atoms with van der Waals surface area (Å²) in [5, 5.41) is 0. The summed E-state index contributed by atoms with van der Waals surface area (Å²) in [7, 11) is 1.65. The molecule has 0 aliphatic carbocycles. The Labute approximate surface area is 114 Å². The molecule has 0 saturated carbocycles. The van der Waals surface area contributed by atoms with Crippen molar-refractivity contribution >= 4 is 0 Å². The second-order valence-corrected chi connectivity index (χ2v) is 4.03. The van der Waals surface area contributed by atoms with Gasteiger partial charge < -0.3 is 9.47 Å². The van der Waals surface area contributed by atoms with Crippen molar-refractivity contribution in [1.82, 2.24) is 0 Å². The van der Waals surface area contributed by atoms with Crippen LogP contribution in [0, 0.1) is 12.3 Å². The molecular weight excluding hydrogens is 236 g/mol. The molecule has 2 aromatic rings. The molecule has 0 radical (unpaired) electrons. The van der Waals surface area contributed by atoms with E-state index in [4.69, 9.17) is 15.9 Å². The summed E-state index contributed by atoms with van der Waals surface area (Å²) in [5.41, 5.74) is 2.86. The molecule has 2 rings (SSSR count). The Bertz CT molecular complexity index is 568. The Morgan fingerprint density at radius 1 is 1.00 bits per heavy atom. The molecule has 0 bridgehead atoms. The van der Waals surface area contributed by atoms with Crippen molar-refractivity contribution in [2.75, 3.05) is 20.3 Å². The second kappa shape index (κ2) is 6.63. The lowest BCUT2D eigenvalue weighted by molar-refractivity contribution is 0.146. The zero-order valence-electron chi connectivity index (χ0n) is 10.9. The molecule has 0 aromatic heterocycles. The molecule has 0 spiro atoms. The molecule has 2 heteroatoms. The average Bonchev–Trinajstić information content (AvgIpc) is 2.48. The summed E-state index contributed by atoms with van der Waals surface area (Å²) in [5.74, 6) is 3.41. The number of terminal acetylenes is 1. The van der Waals surface area contributed by atoms with Crippen molar-refractivity contribution in [2.24, 2.45) is 0 Å². The van der Waals surface area contributed by atoms with Gasteiger partial charge in [0.2, 0.25) is 0 Å². The second-order valence-electron chi connectivity index (χ2n) is 4.03. The molecule has 0 amide bonds. The van der Waals surface area contributed by atoms with Gasteiger partial charge in [-0.15, -0.1) is 6.42 Å². The average molecular weight is 252 g/mol. The standard InChI is InChI=1S/C17H16O2/c1-3-14-10-7-11-16(15-8-5-4-6-9-15)17(14)19-13-12-18-2/h1,4-11H,12-13H2,2H3. The molecule has 0 heterocycles. The largest absolute Gasteiger partial charge is 0.489 e. The normalized spacial score (nSPS) is 9.89. The van der Waals surface area contributed by atoms with Crippen LogP contribution in [-0.4, -0.2) is 20.3 Å². The van der Waals surface area contributed by atoms with Crippen LogP contribution in [0.5, 0.6) is 5.75 Å². The van der Waals surface area contributed by atoms with E-state index in [1.54, 1.807) is 7.11 Å². The minimum absolute atomic E-state index is 0.481. The quantitative estimate of drug-likeness (QED) is 0.600. The minimum atomic E-state index is 0.481. The van der Waals surface area contributed by atoms with Crippen LogP contribution in [0.15, 0.2) is 48.5 Å². The third kappa shape index (κ3) is 3.15. The van der Waals surface area contributed by atoms with Crippen molar-refractivity contribution in [1.29, 1.82) is 0 Å². The number of hydrogen-bond donors (Lipinski definition) is 0. The first kappa shape index (κ1) is 13.2. The molecule has 19 heavy (non-hydrogen) atoms. The zero-order valence-corrected chi connectivity index (χ0v) is 10.9. The number of para-hydroxylation sites is 1. The summed E-state index contributed by atoms with van der Waals surface area (Å²) in [6.07, 6.45) is 5.54. The molecule has 0 atom stereocenters. The maximum absolute atomic E-state index is 5.79. The monoisotopic (exact) mass is 252 g/mol. The summed E-state index contributed by atoms with van der Waals surface area (Å²) >= 11 is 0. The first-order chi connectivity index (χ1) is 9.36. The van der Waals surface area contributed by atoms with Gasteiger partial charge in [-0.3, -0.25) is 0 Å². The van der Waals surface area contributed by atoms with Crippen LogP contribution in [0.1, 0.15) is 5.56 Å². The molecule has 0 N–H and O–H groups in total. The van der Waals surface area contributed by atoms with Gasteiger partial charge >= 0.3 is 0 Å². The van der Waals surface area contributed by atoms with Crippen LogP contribution >= 0.6 is 0 Å². The number of benzene rings is 2. The summed E-state index contributed by atoms with van der Waals surface area (Å²) in [6.45, 7) is 1.02. The van der Waals surface area contributed by atoms with Crippen LogP contribution in [0.4, 0.5) is 0 Å². The van der Waals surface area contributed by atoms with Crippen LogP contribution < -0.4 is 4.74 Å². The van der Waals surface area contributed by atoms with Gasteiger partial charge in [-0.25, -0.2) is 0 Å². The fourth-order valence-corrected chi connectivity index (χ4v) is 1.88. The molecule has 2 aromatic carbocycles. The summed E-state index contributed by atoms with van der Waals surface area (Å²) < 4.78 is 10.8. The van der Waals surface area contributed by atoms with E-state index in [9.17, 15) is 0 Å². The predicted molar refractivity (Wildman–Crippen MR) is 77.2 cm³/mol. The lowest BCUT2D eigenvalue weighted by Gasteiger charge is -2.13. The first-order valence-electron chi connectivity index (χ1n) is 6.13. The predicted octanol–water partition coefficient (Wildman–Crippen LogP) is 3.36. The van der Waals surface area contributed by atoms with Crippen molar-refractivity contribution in [3.05, 3.63) is 54.1 Å². The topological polar surface area (TPSA) is 18.5 Å². The van der Waals surface area contributed by atoms with Crippen LogP contribution in [0.3, 0.4) is 0 Å². The van der Waals surface area contributed by atoms with Crippen LogP contribution in [0.25, 0.3) is 11.1 Å². The minimum Gasteiger partial charge on any atom is -0.489 e. The fraction of sp³-hybridized carbons (Fsp3) is 0.176. The highest BCUT2D eigenvalue weighted by Crippen LogP contribution is 2.32. The Morgan fingerprint density at radius 2 is 1.79 bits per heavy atom. The molecule has 0 saturated heterocycles. The van der Waals surface area contributed by atoms with Crippen molar-refractivity contribution < 1.29 is 9.47 Å². The zero-order chi connectivity index (χ0) is 13.5. The van der Waals surface area contributed by atoms with Crippen LogP contribution in [-0.2, 0) is 4.74 Å². The molecule has 0 aliphatic heterocycles. The lowest BCUT2D eigenvalue weighted by Crippen LogP contribution is -2.06. The molecule has 0 unspecified atom stereocenters. The smallest absolute Gasteiger partial charge is 0.142 e. The molecule has 0 aliphatic rings. The SMILES string of the molecule is C#Cc1cccc(-c2ccccc2)c1OCCOC. The van der Waals surface area contributed by atoms with Gasteiger partial charge in [0.15, 0.2) is 0 Å². The highest BCUT2D eigenvalue weighted by Gasteiger charge is 2.10. The highest BCUT2D eigenvalue weighted by molar-refractivity contribution is 5.73. The Balaban J connectivity index is 2.40. The van der Waals surface area contributed by atoms with E-state index in [-0.39, 0.29) is 0 Å². The van der Waals surface area contributed by atoms with Crippen molar-refractivity contribution in [2.45, 2.75) is 0 Å². The third-order valence-electron chi connectivity index (χ3n) is 2.79. The Hall–Kier alpha value is -2.24. The highest BCUT2D eigenvalue weighted by atomic mass is 16.5. The molecular formula is C17H16O2. The molecule has 2 nitrogen and oxygen atoms in total. The number of methoxy groups -OCH3 is 1. The fourth-order valence-electron chi connectivity index (χ4n) is 1.88. The maximum atomic E-state index is 5.79. The molecule has 96 valence electrons. The first-order valence-corrected chi connectivity index (χ1v) is 6.13. The van der Waals surface area contributed by atoms with E-state index in [2.05, 4.69) is 5.92 Å². The third-order valence-corrected chi connectivity index (χ3v) is 2.79.